The van der Waals surface area contributed by atoms with Gasteiger partial charge in [-0.25, -0.2) is 0 Å². The van der Waals surface area contributed by atoms with Gasteiger partial charge in [0.05, 0.1) is 18.2 Å². The van der Waals surface area contributed by atoms with Gasteiger partial charge >= 0.3 is 0 Å². The summed E-state index contributed by atoms with van der Waals surface area (Å²) < 4.78 is 5.78. The molecule has 0 atom stereocenters. The number of rotatable bonds is 4. The van der Waals surface area contributed by atoms with Crippen LogP contribution in [0.1, 0.15) is 20.7 Å². The number of methoxy groups -OCH3 is 1. The van der Waals surface area contributed by atoms with Crippen molar-refractivity contribution >= 4 is 39.3 Å². The van der Waals surface area contributed by atoms with Crippen molar-refractivity contribution < 1.29 is 19.1 Å². The Kier molecular flexibility index (Phi) is 4.35. The lowest BCUT2D eigenvalue weighted by atomic mass is 10.1. The van der Waals surface area contributed by atoms with Gasteiger partial charge in [-0.3, -0.25) is 19.3 Å². The maximum absolute atomic E-state index is 12.3. The van der Waals surface area contributed by atoms with Gasteiger partial charge in [0.25, 0.3) is 11.8 Å². The van der Waals surface area contributed by atoms with E-state index in [1.807, 2.05) is 0 Å². The second-order valence-corrected chi connectivity index (χ2v) is 6.08. The van der Waals surface area contributed by atoms with Crippen molar-refractivity contribution in [1.29, 1.82) is 0 Å². The van der Waals surface area contributed by atoms with E-state index < -0.39 is 17.7 Å². The summed E-state index contributed by atoms with van der Waals surface area (Å²) in [6.07, 6.45) is 0. The summed E-state index contributed by atoms with van der Waals surface area (Å²) in [7, 11) is 1.53. The topological polar surface area (TPSA) is 75.7 Å². The molecule has 0 saturated carbocycles. The Bertz CT molecular complexity index is 850. The van der Waals surface area contributed by atoms with E-state index in [0.717, 1.165) is 4.90 Å². The fraction of sp³-hybridized carbons (Fsp3) is 0.118. The highest BCUT2D eigenvalue weighted by molar-refractivity contribution is 9.10. The van der Waals surface area contributed by atoms with Crippen LogP contribution in [0.15, 0.2) is 46.9 Å². The molecule has 0 fully saturated rings. The largest absolute Gasteiger partial charge is 0.497 e. The SMILES string of the molecule is COc1cccc(NC(=O)CN2C(=O)c3ccc(Br)cc3C2=O)c1. The van der Waals surface area contributed by atoms with Gasteiger partial charge in [-0.2, -0.15) is 0 Å². The predicted octanol–water partition coefficient (Wildman–Crippen LogP) is 2.69. The smallest absolute Gasteiger partial charge is 0.262 e. The molecule has 122 valence electrons. The molecule has 1 N–H and O–H groups in total. The van der Waals surface area contributed by atoms with Crippen molar-refractivity contribution in [2.75, 3.05) is 19.0 Å². The Hall–Kier alpha value is -2.67. The first-order chi connectivity index (χ1) is 11.5. The Labute approximate surface area is 146 Å². The van der Waals surface area contributed by atoms with Gasteiger partial charge in [0, 0.05) is 16.2 Å². The molecular weight excluding hydrogens is 376 g/mol. The lowest BCUT2D eigenvalue weighted by Gasteiger charge is -2.14. The lowest BCUT2D eigenvalue weighted by molar-refractivity contribution is -0.116. The van der Waals surface area contributed by atoms with Crippen LogP contribution >= 0.6 is 15.9 Å². The van der Waals surface area contributed by atoms with Gasteiger partial charge in [0.15, 0.2) is 0 Å². The van der Waals surface area contributed by atoms with E-state index in [9.17, 15) is 14.4 Å². The minimum atomic E-state index is -0.475. The zero-order valence-electron chi connectivity index (χ0n) is 12.7. The van der Waals surface area contributed by atoms with Crippen molar-refractivity contribution in [1.82, 2.24) is 4.90 Å². The summed E-state index contributed by atoms with van der Waals surface area (Å²) in [6, 6.07) is 11.7. The van der Waals surface area contributed by atoms with Crippen LogP contribution in [-0.2, 0) is 4.79 Å². The van der Waals surface area contributed by atoms with E-state index in [2.05, 4.69) is 21.2 Å². The fourth-order valence-corrected chi connectivity index (χ4v) is 2.81. The molecule has 0 radical (unpaired) electrons. The van der Waals surface area contributed by atoms with Crippen LogP contribution in [0.5, 0.6) is 5.75 Å². The first-order valence-electron chi connectivity index (χ1n) is 7.09. The Morgan fingerprint density at radius 3 is 2.62 bits per heavy atom. The molecule has 0 spiro atoms. The van der Waals surface area contributed by atoms with Crippen LogP contribution in [0.3, 0.4) is 0 Å². The molecule has 1 aliphatic rings. The molecule has 2 aromatic carbocycles. The second kappa shape index (κ2) is 6.45. The standard InChI is InChI=1S/C17H13BrN2O4/c1-24-12-4-2-3-11(8-12)19-15(21)9-20-16(22)13-6-5-10(18)7-14(13)17(20)23/h2-8H,9H2,1H3,(H,19,21). The molecule has 3 rings (SSSR count). The quantitative estimate of drug-likeness (QED) is 0.816. The summed E-state index contributed by atoms with van der Waals surface area (Å²) in [4.78, 5) is 37.7. The van der Waals surface area contributed by atoms with Crippen molar-refractivity contribution in [3.8, 4) is 5.75 Å². The number of carbonyl (C=O) groups excluding carboxylic acids is 3. The number of halogens is 1. The predicted molar refractivity (Wildman–Crippen MR) is 91.1 cm³/mol. The first kappa shape index (κ1) is 16.2. The van der Waals surface area contributed by atoms with Crippen LogP contribution in [-0.4, -0.2) is 36.3 Å². The molecule has 2 aromatic rings. The number of benzene rings is 2. The minimum absolute atomic E-state index is 0.295. The van der Waals surface area contributed by atoms with Gasteiger partial charge in [-0.1, -0.05) is 22.0 Å². The highest BCUT2D eigenvalue weighted by Gasteiger charge is 2.36. The Balaban J connectivity index is 1.73. The summed E-state index contributed by atoms with van der Waals surface area (Å²) in [5.74, 6) is -0.810. The number of ether oxygens (including phenoxy) is 1. The lowest BCUT2D eigenvalue weighted by Crippen LogP contribution is -2.37. The van der Waals surface area contributed by atoms with E-state index in [-0.39, 0.29) is 6.54 Å². The van der Waals surface area contributed by atoms with Crippen LogP contribution in [0, 0.1) is 0 Å². The fourth-order valence-electron chi connectivity index (χ4n) is 2.45. The maximum Gasteiger partial charge on any atom is 0.262 e. The number of nitrogens with zero attached hydrogens (tertiary/aromatic N) is 1. The average Bonchev–Trinajstić information content (AvgIpc) is 2.79. The molecule has 0 unspecified atom stereocenters. The zero-order valence-corrected chi connectivity index (χ0v) is 14.3. The van der Waals surface area contributed by atoms with E-state index in [1.165, 1.54) is 7.11 Å². The molecule has 24 heavy (non-hydrogen) atoms. The summed E-state index contributed by atoms with van der Waals surface area (Å²) in [5, 5.41) is 2.65. The van der Waals surface area contributed by atoms with Crippen molar-refractivity contribution in [3.05, 3.63) is 58.1 Å². The highest BCUT2D eigenvalue weighted by Crippen LogP contribution is 2.26. The van der Waals surface area contributed by atoms with E-state index in [4.69, 9.17) is 4.74 Å². The molecule has 7 heteroatoms. The third-order valence-electron chi connectivity index (χ3n) is 3.59. The third-order valence-corrected chi connectivity index (χ3v) is 4.08. The third kappa shape index (κ3) is 3.03. The number of anilines is 1. The molecule has 1 heterocycles. The Morgan fingerprint density at radius 1 is 1.12 bits per heavy atom. The molecule has 3 amide bonds. The van der Waals surface area contributed by atoms with Gasteiger partial charge in [-0.15, -0.1) is 0 Å². The molecule has 0 saturated heterocycles. The van der Waals surface area contributed by atoms with Gasteiger partial charge < -0.3 is 10.1 Å². The number of imide groups is 1. The zero-order chi connectivity index (χ0) is 17.3. The number of fused-ring (bicyclic) bond motifs is 1. The average molecular weight is 389 g/mol. The summed E-state index contributed by atoms with van der Waals surface area (Å²) in [5.41, 5.74) is 1.12. The van der Waals surface area contributed by atoms with E-state index in [1.54, 1.807) is 42.5 Å². The summed E-state index contributed by atoms with van der Waals surface area (Å²) in [6.45, 7) is -0.346. The number of carbonyl (C=O) groups is 3. The van der Waals surface area contributed by atoms with E-state index >= 15 is 0 Å². The van der Waals surface area contributed by atoms with E-state index in [0.29, 0.717) is 27.0 Å². The van der Waals surface area contributed by atoms with Crippen LogP contribution < -0.4 is 10.1 Å². The van der Waals surface area contributed by atoms with Crippen molar-refractivity contribution in [2.45, 2.75) is 0 Å². The van der Waals surface area contributed by atoms with Crippen LogP contribution in [0.2, 0.25) is 0 Å². The first-order valence-corrected chi connectivity index (χ1v) is 7.88. The number of nitrogens with one attached hydrogen (secondary N) is 1. The molecule has 0 aliphatic carbocycles. The van der Waals surface area contributed by atoms with Crippen molar-refractivity contribution in [3.63, 3.8) is 0 Å². The number of hydrogen-bond donors (Lipinski definition) is 1. The second-order valence-electron chi connectivity index (χ2n) is 5.17. The Morgan fingerprint density at radius 2 is 1.88 bits per heavy atom. The number of hydrogen-bond acceptors (Lipinski definition) is 4. The van der Waals surface area contributed by atoms with Crippen LogP contribution in [0.25, 0.3) is 0 Å². The maximum atomic E-state index is 12.3. The molecule has 6 nitrogen and oxygen atoms in total. The van der Waals surface area contributed by atoms with Crippen molar-refractivity contribution in [2.24, 2.45) is 0 Å². The summed E-state index contributed by atoms with van der Waals surface area (Å²) >= 11 is 3.27. The normalized spacial score (nSPS) is 13.0. The van der Waals surface area contributed by atoms with Crippen LogP contribution in [0.4, 0.5) is 5.69 Å². The van der Waals surface area contributed by atoms with Gasteiger partial charge in [0.2, 0.25) is 5.91 Å². The molecule has 1 aliphatic heterocycles. The highest BCUT2D eigenvalue weighted by atomic mass is 79.9. The van der Waals surface area contributed by atoms with Gasteiger partial charge in [0.1, 0.15) is 12.3 Å². The molecule has 0 aromatic heterocycles. The molecule has 0 bridgehead atoms. The monoisotopic (exact) mass is 388 g/mol. The van der Waals surface area contributed by atoms with Gasteiger partial charge in [-0.05, 0) is 30.3 Å². The number of amides is 3. The minimum Gasteiger partial charge on any atom is -0.497 e. The molecular formula is C17H13BrN2O4.